The molecular weight excluding hydrogens is 176 g/mol. The van der Waals surface area contributed by atoms with Crippen molar-refractivity contribution in [3.05, 3.63) is 0 Å². The van der Waals surface area contributed by atoms with Crippen molar-refractivity contribution in [2.75, 3.05) is 32.8 Å². The van der Waals surface area contributed by atoms with Gasteiger partial charge in [-0.15, -0.1) is 0 Å². The number of nitrogens with zero attached hydrogens (tertiary/aromatic N) is 1. The van der Waals surface area contributed by atoms with Gasteiger partial charge >= 0.3 is 0 Å². The lowest BCUT2D eigenvalue weighted by atomic mass is 9.90. The van der Waals surface area contributed by atoms with Crippen LogP contribution in [0.2, 0.25) is 0 Å². The van der Waals surface area contributed by atoms with Crippen LogP contribution in [0.1, 0.15) is 26.7 Å². The van der Waals surface area contributed by atoms with E-state index in [1.165, 1.54) is 19.4 Å². The molecule has 0 aromatic heterocycles. The summed E-state index contributed by atoms with van der Waals surface area (Å²) in [6.07, 6.45) is 2.50. The summed E-state index contributed by atoms with van der Waals surface area (Å²) in [7, 11) is 0. The highest BCUT2D eigenvalue weighted by molar-refractivity contribution is 4.93. The summed E-state index contributed by atoms with van der Waals surface area (Å²) >= 11 is 0. The van der Waals surface area contributed by atoms with E-state index in [0.29, 0.717) is 11.6 Å². The second-order valence-corrected chi connectivity index (χ2v) is 4.90. The van der Waals surface area contributed by atoms with Gasteiger partial charge in [0.15, 0.2) is 0 Å². The Hall–Kier alpha value is -0.120. The maximum Gasteiger partial charge on any atom is 0.0647 e. The van der Waals surface area contributed by atoms with Gasteiger partial charge in [-0.1, -0.05) is 0 Å². The summed E-state index contributed by atoms with van der Waals surface area (Å²) in [6, 6.07) is 0.649. The Labute approximate surface area is 86.8 Å². The lowest BCUT2D eigenvalue weighted by Gasteiger charge is -2.48. The zero-order valence-corrected chi connectivity index (χ0v) is 9.38. The van der Waals surface area contributed by atoms with Crippen LogP contribution in [-0.2, 0) is 4.74 Å². The van der Waals surface area contributed by atoms with Crippen LogP contribution < -0.4 is 5.32 Å². The molecule has 0 saturated carbocycles. The third-order valence-corrected chi connectivity index (χ3v) is 3.61. The summed E-state index contributed by atoms with van der Waals surface area (Å²) in [6.45, 7) is 9.95. The van der Waals surface area contributed by atoms with E-state index in [9.17, 15) is 0 Å². The summed E-state index contributed by atoms with van der Waals surface area (Å²) in [5.74, 6) is 0. The van der Waals surface area contributed by atoms with Crippen LogP contribution in [-0.4, -0.2) is 49.3 Å². The van der Waals surface area contributed by atoms with Gasteiger partial charge in [-0.25, -0.2) is 0 Å². The number of rotatable bonds is 1. The molecule has 0 radical (unpaired) electrons. The van der Waals surface area contributed by atoms with Gasteiger partial charge in [0.05, 0.1) is 6.61 Å². The van der Waals surface area contributed by atoms with Gasteiger partial charge in [0.2, 0.25) is 0 Å². The SMILES string of the molecule is CC1CNCCN1C1(C)CCCOC1. The van der Waals surface area contributed by atoms with E-state index in [2.05, 4.69) is 24.1 Å². The lowest BCUT2D eigenvalue weighted by molar-refractivity contribution is -0.0612. The quantitative estimate of drug-likeness (QED) is 0.676. The highest BCUT2D eigenvalue weighted by atomic mass is 16.5. The lowest BCUT2D eigenvalue weighted by Crippen LogP contribution is -2.61. The molecule has 14 heavy (non-hydrogen) atoms. The molecule has 0 aliphatic carbocycles. The topological polar surface area (TPSA) is 24.5 Å². The smallest absolute Gasteiger partial charge is 0.0647 e. The molecule has 82 valence electrons. The van der Waals surface area contributed by atoms with Crippen LogP contribution in [0.5, 0.6) is 0 Å². The first kappa shape index (κ1) is 10.4. The van der Waals surface area contributed by atoms with Crippen molar-refractivity contribution in [3.8, 4) is 0 Å². The van der Waals surface area contributed by atoms with Gasteiger partial charge in [0.25, 0.3) is 0 Å². The molecule has 0 aromatic carbocycles. The van der Waals surface area contributed by atoms with Crippen LogP contribution in [0.3, 0.4) is 0 Å². The van der Waals surface area contributed by atoms with Gasteiger partial charge in [-0.2, -0.15) is 0 Å². The average molecular weight is 198 g/mol. The normalized spacial score (nSPS) is 41.1. The van der Waals surface area contributed by atoms with Crippen molar-refractivity contribution in [2.24, 2.45) is 0 Å². The van der Waals surface area contributed by atoms with Crippen LogP contribution >= 0.6 is 0 Å². The number of nitrogens with one attached hydrogen (secondary N) is 1. The maximum absolute atomic E-state index is 5.62. The summed E-state index contributed by atoms with van der Waals surface area (Å²) in [5, 5.41) is 3.44. The van der Waals surface area contributed by atoms with Gasteiger partial charge in [0, 0.05) is 37.8 Å². The number of hydrogen-bond acceptors (Lipinski definition) is 3. The second kappa shape index (κ2) is 4.17. The highest BCUT2D eigenvalue weighted by Gasteiger charge is 2.37. The fourth-order valence-corrected chi connectivity index (χ4v) is 2.79. The van der Waals surface area contributed by atoms with E-state index >= 15 is 0 Å². The fraction of sp³-hybridized carbons (Fsp3) is 1.00. The predicted octanol–water partition coefficient (Wildman–Crippen LogP) is 0.849. The molecule has 2 saturated heterocycles. The minimum atomic E-state index is 0.291. The van der Waals surface area contributed by atoms with Crippen molar-refractivity contribution < 1.29 is 4.74 Å². The third-order valence-electron chi connectivity index (χ3n) is 3.61. The van der Waals surface area contributed by atoms with Crippen molar-refractivity contribution in [1.82, 2.24) is 10.2 Å². The Morgan fingerprint density at radius 3 is 3.00 bits per heavy atom. The molecule has 3 heteroatoms. The van der Waals surface area contributed by atoms with E-state index in [0.717, 1.165) is 26.3 Å². The Balaban J connectivity index is 2.02. The van der Waals surface area contributed by atoms with E-state index < -0.39 is 0 Å². The van der Waals surface area contributed by atoms with Crippen molar-refractivity contribution >= 4 is 0 Å². The second-order valence-electron chi connectivity index (χ2n) is 4.90. The Kier molecular flexibility index (Phi) is 3.10. The molecule has 2 unspecified atom stereocenters. The minimum absolute atomic E-state index is 0.291. The Morgan fingerprint density at radius 1 is 1.50 bits per heavy atom. The number of ether oxygens (including phenoxy) is 1. The molecule has 0 spiro atoms. The van der Waals surface area contributed by atoms with Gasteiger partial charge in [-0.3, -0.25) is 4.90 Å². The molecule has 3 nitrogen and oxygen atoms in total. The van der Waals surface area contributed by atoms with Crippen molar-refractivity contribution in [1.29, 1.82) is 0 Å². The zero-order valence-electron chi connectivity index (χ0n) is 9.38. The molecule has 0 amide bonds. The van der Waals surface area contributed by atoms with E-state index in [4.69, 9.17) is 4.74 Å². The van der Waals surface area contributed by atoms with E-state index in [-0.39, 0.29) is 0 Å². The zero-order chi connectivity index (χ0) is 10.0. The highest BCUT2D eigenvalue weighted by Crippen LogP contribution is 2.28. The van der Waals surface area contributed by atoms with Crippen LogP contribution in [0.15, 0.2) is 0 Å². The van der Waals surface area contributed by atoms with E-state index in [1.807, 2.05) is 0 Å². The molecule has 2 rings (SSSR count). The van der Waals surface area contributed by atoms with Crippen molar-refractivity contribution in [3.63, 3.8) is 0 Å². The minimum Gasteiger partial charge on any atom is -0.380 e. The van der Waals surface area contributed by atoms with Crippen LogP contribution in [0.4, 0.5) is 0 Å². The molecular formula is C11H22N2O. The van der Waals surface area contributed by atoms with Gasteiger partial charge < -0.3 is 10.1 Å². The largest absolute Gasteiger partial charge is 0.380 e. The molecule has 2 atom stereocenters. The van der Waals surface area contributed by atoms with Crippen molar-refractivity contribution in [2.45, 2.75) is 38.3 Å². The molecule has 2 heterocycles. The first-order chi connectivity index (χ1) is 6.72. The first-order valence-corrected chi connectivity index (χ1v) is 5.78. The molecule has 2 aliphatic rings. The molecule has 2 fully saturated rings. The Morgan fingerprint density at radius 2 is 2.36 bits per heavy atom. The molecule has 0 aromatic rings. The van der Waals surface area contributed by atoms with Crippen LogP contribution in [0.25, 0.3) is 0 Å². The summed E-state index contributed by atoms with van der Waals surface area (Å²) in [4.78, 5) is 2.63. The summed E-state index contributed by atoms with van der Waals surface area (Å²) < 4.78 is 5.62. The molecule has 0 bridgehead atoms. The maximum atomic E-state index is 5.62. The standard InChI is InChI=1S/C11H22N2O/c1-10-8-12-5-6-13(10)11(2)4-3-7-14-9-11/h10,12H,3-9H2,1-2H3. The fourth-order valence-electron chi connectivity index (χ4n) is 2.79. The van der Waals surface area contributed by atoms with Gasteiger partial charge in [-0.05, 0) is 26.7 Å². The van der Waals surface area contributed by atoms with E-state index in [1.54, 1.807) is 0 Å². The first-order valence-electron chi connectivity index (χ1n) is 5.78. The third kappa shape index (κ3) is 1.95. The van der Waals surface area contributed by atoms with Crippen LogP contribution in [0, 0.1) is 0 Å². The predicted molar refractivity (Wildman–Crippen MR) is 57.5 cm³/mol. The Bertz CT molecular complexity index is 190. The number of hydrogen-bond donors (Lipinski definition) is 1. The molecule has 2 aliphatic heterocycles. The van der Waals surface area contributed by atoms with Gasteiger partial charge in [0.1, 0.15) is 0 Å². The monoisotopic (exact) mass is 198 g/mol. The molecule has 1 N–H and O–H groups in total. The summed E-state index contributed by atoms with van der Waals surface area (Å²) in [5.41, 5.74) is 0.291. The number of piperazine rings is 1. The average Bonchev–Trinajstić information content (AvgIpc) is 2.19.